The number of hydrogen-bond donors (Lipinski definition) is 1. The van der Waals surface area contributed by atoms with Gasteiger partial charge in [-0.15, -0.1) is 0 Å². The molecule has 0 aliphatic rings. The van der Waals surface area contributed by atoms with E-state index in [4.69, 9.17) is 4.43 Å². The van der Waals surface area contributed by atoms with Crippen molar-refractivity contribution in [3.63, 3.8) is 0 Å². The molecule has 0 bridgehead atoms. The van der Waals surface area contributed by atoms with Crippen molar-refractivity contribution in [3.05, 3.63) is 27.7 Å². The van der Waals surface area contributed by atoms with E-state index < -0.39 is 8.32 Å². The third-order valence-corrected chi connectivity index (χ3v) is 9.93. The van der Waals surface area contributed by atoms with Crippen LogP contribution in [-0.2, 0) is 4.43 Å². The molecular formula is C16H28BrNOSi. The van der Waals surface area contributed by atoms with E-state index in [1.165, 1.54) is 21.3 Å². The smallest absolute Gasteiger partial charge is 0.192 e. The summed E-state index contributed by atoms with van der Waals surface area (Å²) in [5.74, 6) is 0. The Morgan fingerprint density at radius 3 is 2.10 bits per heavy atom. The fraction of sp³-hybridized carbons (Fsp3) is 0.625. The topological polar surface area (TPSA) is 21.3 Å². The molecule has 0 heterocycles. The van der Waals surface area contributed by atoms with Gasteiger partial charge in [0.05, 0.1) is 6.61 Å². The van der Waals surface area contributed by atoms with Crippen LogP contribution in [0.4, 0.5) is 5.69 Å². The predicted molar refractivity (Wildman–Crippen MR) is 95.3 cm³/mol. The van der Waals surface area contributed by atoms with Crippen LogP contribution in [0.2, 0.25) is 18.1 Å². The molecule has 0 radical (unpaired) electrons. The Morgan fingerprint density at radius 1 is 1.15 bits per heavy atom. The van der Waals surface area contributed by atoms with Gasteiger partial charge in [0.15, 0.2) is 8.32 Å². The molecule has 20 heavy (non-hydrogen) atoms. The van der Waals surface area contributed by atoms with Gasteiger partial charge in [-0.2, -0.15) is 0 Å². The van der Waals surface area contributed by atoms with Crippen molar-refractivity contribution >= 4 is 29.9 Å². The lowest BCUT2D eigenvalue weighted by molar-refractivity contribution is 0.301. The number of benzene rings is 1. The van der Waals surface area contributed by atoms with Crippen LogP contribution in [0.1, 0.15) is 31.9 Å². The normalized spacial score (nSPS) is 12.6. The molecule has 1 rings (SSSR count). The Kier molecular flexibility index (Phi) is 5.87. The molecule has 0 aliphatic carbocycles. The van der Waals surface area contributed by atoms with Gasteiger partial charge in [-0.3, -0.25) is 0 Å². The zero-order valence-electron chi connectivity index (χ0n) is 13.9. The maximum absolute atomic E-state index is 6.17. The first kappa shape index (κ1) is 17.7. The van der Waals surface area contributed by atoms with Gasteiger partial charge in [-0.25, -0.2) is 0 Å². The number of aryl methyl sites for hydroxylation is 2. The van der Waals surface area contributed by atoms with E-state index in [-0.39, 0.29) is 5.04 Å². The Bertz CT molecular complexity index is 443. The highest BCUT2D eigenvalue weighted by Crippen LogP contribution is 2.36. The summed E-state index contributed by atoms with van der Waals surface area (Å²) in [4.78, 5) is 0. The lowest BCUT2D eigenvalue weighted by Crippen LogP contribution is -2.41. The lowest BCUT2D eigenvalue weighted by Gasteiger charge is -2.36. The van der Waals surface area contributed by atoms with Gasteiger partial charge in [0.1, 0.15) is 0 Å². The van der Waals surface area contributed by atoms with Gasteiger partial charge in [-0.05, 0) is 55.2 Å². The van der Waals surface area contributed by atoms with Gasteiger partial charge < -0.3 is 9.74 Å². The fourth-order valence-corrected chi connectivity index (χ4v) is 3.04. The number of anilines is 1. The van der Waals surface area contributed by atoms with Crippen molar-refractivity contribution in [1.29, 1.82) is 0 Å². The third kappa shape index (κ3) is 4.60. The number of rotatable bonds is 5. The standard InChI is InChI=1S/C16H28BrNOSi/c1-12-10-14(11-13(2)15(12)17)18-8-9-19-20(6,7)16(3,4)5/h10-11,18H,8-9H2,1-7H3. The van der Waals surface area contributed by atoms with Crippen molar-refractivity contribution in [3.8, 4) is 0 Å². The first-order chi connectivity index (χ1) is 9.04. The molecule has 1 aromatic rings. The minimum Gasteiger partial charge on any atom is -0.415 e. The van der Waals surface area contributed by atoms with Crippen LogP contribution in [0, 0.1) is 13.8 Å². The molecule has 1 aromatic carbocycles. The van der Waals surface area contributed by atoms with Crippen molar-refractivity contribution in [2.24, 2.45) is 0 Å². The Labute approximate surface area is 133 Å². The third-order valence-electron chi connectivity index (χ3n) is 4.14. The molecule has 0 saturated carbocycles. The lowest BCUT2D eigenvalue weighted by atomic mass is 10.1. The highest BCUT2D eigenvalue weighted by molar-refractivity contribution is 9.10. The number of hydrogen-bond acceptors (Lipinski definition) is 2. The molecule has 0 fully saturated rings. The second kappa shape index (κ2) is 6.63. The summed E-state index contributed by atoms with van der Waals surface area (Å²) >= 11 is 3.60. The largest absolute Gasteiger partial charge is 0.415 e. The Hall–Kier alpha value is -0.323. The molecular weight excluding hydrogens is 330 g/mol. The summed E-state index contributed by atoms with van der Waals surface area (Å²) in [6.07, 6.45) is 0. The summed E-state index contributed by atoms with van der Waals surface area (Å²) in [6, 6.07) is 4.34. The van der Waals surface area contributed by atoms with Crippen LogP contribution in [-0.4, -0.2) is 21.5 Å². The molecule has 114 valence electrons. The van der Waals surface area contributed by atoms with E-state index in [0.717, 1.165) is 13.2 Å². The molecule has 1 N–H and O–H groups in total. The van der Waals surface area contributed by atoms with Crippen molar-refractivity contribution in [2.75, 3.05) is 18.5 Å². The zero-order chi connectivity index (χ0) is 15.6. The van der Waals surface area contributed by atoms with Gasteiger partial charge >= 0.3 is 0 Å². The van der Waals surface area contributed by atoms with E-state index in [9.17, 15) is 0 Å². The summed E-state index contributed by atoms with van der Waals surface area (Å²) in [5.41, 5.74) is 3.69. The average molecular weight is 358 g/mol. The van der Waals surface area contributed by atoms with E-state index in [0.29, 0.717) is 0 Å². The Balaban J connectivity index is 2.50. The first-order valence-corrected chi connectivity index (χ1v) is 10.9. The fourth-order valence-electron chi connectivity index (χ4n) is 1.77. The molecule has 0 saturated heterocycles. The van der Waals surface area contributed by atoms with Crippen molar-refractivity contribution in [1.82, 2.24) is 0 Å². The minimum atomic E-state index is -1.62. The summed E-state index contributed by atoms with van der Waals surface area (Å²) in [5, 5.41) is 3.73. The highest BCUT2D eigenvalue weighted by Gasteiger charge is 2.36. The van der Waals surface area contributed by atoms with E-state index >= 15 is 0 Å². The number of halogens is 1. The molecule has 0 spiro atoms. The van der Waals surface area contributed by atoms with Gasteiger partial charge in [0.2, 0.25) is 0 Å². The molecule has 0 unspecified atom stereocenters. The molecule has 0 aliphatic heterocycles. The number of nitrogens with one attached hydrogen (secondary N) is 1. The van der Waals surface area contributed by atoms with Gasteiger partial charge in [0, 0.05) is 16.7 Å². The molecule has 4 heteroatoms. The van der Waals surface area contributed by atoms with E-state index in [1.54, 1.807) is 0 Å². The summed E-state index contributed by atoms with van der Waals surface area (Å²) in [7, 11) is -1.62. The second-order valence-corrected chi connectivity index (χ2v) is 12.6. The average Bonchev–Trinajstić information content (AvgIpc) is 2.30. The first-order valence-electron chi connectivity index (χ1n) is 7.19. The van der Waals surface area contributed by atoms with Crippen LogP contribution >= 0.6 is 15.9 Å². The minimum absolute atomic E-state index is 0.276. The van der Waals surface area contributed by atoms with Crippen molar-refractivity contribution < 1.29 is 4.43 Å². The summed E-state index contributed by atoms with van der Waals surface area (Å²) < 4.78 is 7.36. The van der Waals surface area contributed by atoms with Crippen LogP contribution in [0.3, 0.4) is 0 Å². The highest BCUT2D eigenvalue weighted by atomic mass is 79.9. The molecule has 0 amide bonds. The maximum Gasteiger partial charge on any atom is 0.192 e. The van der Waals surface area contributed by atoms with Crippen LogP contribution in [0.5, 0.6) is 0 Å². The van der Waals surface area contributed by atoms with Gasteiger partial charge in [-0.1, -0.05) is 36.7 Å². The zero-order valence-corrected chi connectivity index (χ0v) is 16.4. The van der Waals surface area contributed by atoms with E-state index in [2.05, 4.69) is 81.1 Å². The predicted octanol–water partition coefficient (Wildman–Crippen LogP) is 5.50. The monoisotopic (exact) mass is 357 g/mol. The molecule has 2 nitrogen and oxygen atoms in total. The van der Waals surface area contributed by atoms with Crippen LogP contribution < -0.4 is 5.32 Å². The van der Waals surface area contributed by atoms with Crippen LogP contribution in [0.25, 0.3) is 0 Å². The molecule has 0 aromatic heterocycles. The maximum atomic E-state index is 6.17. The molecule has 0 atom stereocenters. The summed E-state index contributed by atoms with van der Waals surface area (Å²) in [6.45, 7) is 17.3. The van der Waals surface area contributed by atoms with Gasteiger partial charge in [0.25, 0.3) is 0 Å². The second-order valence-electron chi connectivity index (χ2n) is 6.96. The quantitative estimate of drug-likeness (QED) is 0.554. The Morgan fingerprint density at radius 2 is 1.65 bits per heavy atom. The van der Waals surface area contributed by atoms with Crippen molar-refractivity contribution in [2.45, 2.75) is 52.8 Å². The van der Waals surface area contributed by atoms with E-state index in [1.807, 2.05) is 0 Å². The SMILES string of the molecule is Cc1cc(NCCO[Si](C)(C)C(C)(C)C)cc(C)c1Br. The van der Waals surface area contributed by atoms with Crippen LogP contribution in [0.15, 0.2) is 16.6 Å².